The van der Waals surface area contributed by atoms with Gasteiger partial charge in [-0.1, -0.05) is 17.7 Å². The van der Waals surface area contributed by atoms with Crippen molar-refractivity contribution in [3.8, 4) is 5.75 Å². The van der Waals surface area contributed by atoms with Crippen LogP contribution in [-0.4, -0.2) is 18.9 Å². The number of carbonyl (C=O) groups is 2. The number of aryl methyl sites for hydroxylation is 1. The van der Waals surface area contributed by atoms with Gasteiger partial charge in [0.05, 0.1) is 30.6 Å². The molecule has 0 bridgehead atoms. The van der Waals surface area contributed by atoms with Crippen molar-refractivity contribution in [3.05, 3.63) is 76.2 Å². The lowest BCUT2D eigenvalue weighted by Crippen LogP contribution is -2.23. The summed E-state index contributed by atoms with van der Waals surface area (Å²) in [5.41, 5.74) is 3.25. The molecule has 1 N–H and O–H groups in total. The topological polar surface area (TPSA) is 71.8 Å². The molecular formula is C21H17ClN2O4. The lowest BCUT2D eigenvalue weighted by Gasteiger charge is -2.18. The predicted octanol–water partition coefficient (Wildman–Crippen LogP) is 4.66. The Kier molecular flexibility index (Phi) is 4.57. The average Bonchev–Trinajstić information content (AvgIpc) is 3.25. The smallest absolute Gasteiger partial charge is 0.291 e. The van der Waals surface area contributed by atoms with E-state index < -0.39 is 0 Å². The van der Waals surface area contributed by atoms with E-state index >= 15 is 0 Å². The number of halogens is 1. The number of fused-ring (bicyclic) bond motifs is 1. The zero-order valence-electron chi connectivity index (χ0n) is 15.3. The highest BCUT2D eigenvalue weighted by atomic mass is 35.5. The van der Waals surface area contributed by atoms with E-state index in [9.17, 15) is 9.59 Å². The van der Waals surface area contributed by atoms with Gasteiger partial charge in [-0.3, -0.25) is 9.59 Å². The predicted molar refractivity (Wildman–Crippen MR) is 106 cm³/mol. The fourth-order valence-corrected chi connectivity index (χ4v) is 3.57. The Bertz CT molecular complexity index is 1090. The number of methoxy groups -OCH3 is 1. The maximum atomic E-state index is 12.8. The quantitative estimate of drug-likeness (QED) is 0.696. The lowest BCUT2D eigenvalue weighted by atomic mass is 10.1. The first-order valence-corrected chi connectivity index (χ1v) is 9.00. The highest BCUT2D eigenvalue weighted by Crippen LogP contribution is 2.37. The molecule has 2 aromatic carbocycles. The van der Waals surface area contributed by atoms with Crippen molar-refractivity contribution in [1.29, 1.82) is 0 Å². The van der Waals surface area contributed by atoms with Crippen LogP contribution in [0.15, 0.2) is 53.1 Å². The largest absolute Gasteiger partial charge is 0.496 e. The molecule has 4 rings (SSSR count). The highest BCUT2D eigenvalue weighted by Gasteiger charge is 2.32. The molecule has 0 aliphatic carbocycles. The molecule has 0 saturated heterocycles. The molecule has 0 unspecified atom stereocenters. The molecular weight excluding hydrogens is 380 g/mol. The molecule has 28 heavy (non-hydrogen) atoms. The fourth-order valence-electron chi connectivity index (χ4n) is 3.29. The molecule has 7 heteroatoms. The Morgan fingerprint density at radius 3 is 2.75 bits per heavy atom. The molecule has 0 saturated carbocycles. The third-order valence-electron chi connectivity index (χ3n) is 4.71. The maximum Gasteiger partial charge on any atom is 0.291 e. The van der Waals surface area contributed by atoms with Crippen LogP contribution in [-0.2, 0) is 6.54 Å². The number of furan rings is 1. The van der Waals surface area contributed by atoms with E-state index in [0.29, 0.717) is 34.3 Å². The number of hydrogen-bond donors (Lipinski definition) is 1. The van der Waals surface area contributed by atoms with Gasteiger partial charge < -0.3 is 19.4 Å². The second kappa shape index (κ2) is 7.05. The van der Waals surface area contributed by atoms with Crippen molar-refractivity contribution in [3.63, 3.8) is 0 Å². The van der Waals surface area contributed by atoms with Gasteiger partial charge >= 0.3 is 0 Å². The van der Waals surface area contributed by atoms with Crippen LogP contribution in [0.5, 0.6) is 5.75 Å². The molecule has 1 aromatic heterocycles. The van der Waals surface area contributed by atoms with Gasteiger partial charge in [0.2, 0.25) is 0 Å². The van der Waals surface area contributed by atoms with Gasteiger partial charge in [0, 0.05) is 22.4 Å². The van der Waals surface area contributed by atoms with Crippen molar-refractivity contribution < 1.29 is 18.7 Å². The Labute approximate surface area is 166 Å². The first-order valence-electron chi connectivity index (χ1n) is 8.62. The summed E-state index contributed by atoms with van der Waals surface area (Å²) in [6, 6.07) is 12.1. The SMILES string of the molecule is COc1cccc2c1CN(c1ccc(NC(=O)c3occc3C)cc1Cl)C2=O. The first kappa shape index (κ1) is 18.1. The number of carbonyl (C=O) groups excluding carboxylic acids is 2. The standard InChI is InChI=1S/C21H17ClN2O4/c1-12-8-9-28-19(12)20(25)23-13-6-7-17(16(22)10-13)24-11-15-14(21(24)26)4-3-5-18(15)27-2/h3-10H,11H2,1-2H3,(H,23,25). The van der Waals surface area contributed by atoms with Crippen molar-refractivity contribution in [2.24, 2.45) is 0 Å². The summed E-state index contributed by atoms with van der Waals surface area (Å²) in [6.45, 7) is 2.16. The Morgan fingerprint density at radius 1 is 1.25 bits per heavy atom. The summed E-state index contributed by atoms with van der Waals surface area (Å²) < 4.78 is 10.6. The van der Waals surface area contributed by atoms with Crippen LogP contribution in [0.4, 0.5) is 11.4 Å². The van der Waals surface area contributed by atoms with E-state index in [-0.39, 0.29) is 17.6 Å². The minimum absolute atomic E-state index is 0.140. The van der Waals surface area contributed by atoms with E-state index in [1.165, 1.54) is 6.26 Å². The number of rotatable bonds is 4. The summed E-state index contributed by atoms with van der Waals surface area (Å²) in [5.74, 6) is 0.416. The number of ether oxygens (including phenoxy) is 1. The molecule has 1 aliphatic heterocycles. The maximum absolute atomic E-state index is 12.8. The Balaban J connectivity index is 1.58. The Hall–Kier alpha value is -3.25. The van der Waals surface area contributed by atoms with Gasteiger partial charge in [-0.15, -0.1) is 0 Å². The molecule has 0 spiro atoms. The zero-order valence-corrected chi connectivity index (χ0v) is 16.0. The van der Waals surface area contributed by atoms with E-state index in [0.717, 1.165) is 11.1 Å². The second-order valence-corrected chi connectivity index (χ2v) is 6.84. The fraction of sp³-hybridized carbons (Fsp3) is 0.143. The number of amides is 2. The van der Waals surface area contributed by atoms with Gasteiger partial charge in [-0.05, 0) is 43.3 Å². The molecule has 1 aliphatic rings. The molecule has 2 amide bonds. The summed E-state index contributed by atoms with van der Waals surface area (Å²) in [4.78, 5) is 26.7. The van der Waals surface area contributed by atoms with Gasteiger partial charge in [-0.2, -0.15) is 0 Å². The van der Waals surface area contributed by atoms with Crippen LogP contribution >= 0.6 is 11.6 Å². The van der Waals surface area contributed by atoms with E-state index in [4.69, 9.17) is 20.8 Å². The highest BCUT2D eigenvalue weighted by molar-refractivity contribution is 6.34. The third kappa shape index (κ3) is 3.01. The van der Waals surface area contributed by atoms with Crippen LogP contribution in [0.1, 0.15) is 32.0 Å². The minimum atomic E-state index is -0.360. The third-order valence-corrected chi connectivity index (χ3v) is 5.01. The number of nitrogens with zero attached hydrogens (tertiary/aromatic N) is 1. The monoisotopic (exact) mass is 396 g/mol. The van der Waals surface area contributed by atoms with Crippen LogP contribution in [0, 0.1) is 6.92 Å². The second-order valence-electron chi connectivity index (χ2n) is 6.43. The normalized spacial score (nSPS) is 12.8. The van der Waals surface area contributed by atoms with E-state index in [1.807, 2.05) is 6.07 Å². The molecule has 3 aromatic rings. The van der Waals surface area contributed by atoms with Gasteiger partial charge in [0.1, 0.15) is 5.75 Å². The molecule has 6 nitrogen and oxygen atoms in total. The average molecular weight is 397 g/mol. The van der Waals surface area contributed by atoms with Crippen LogP contribution in [0.25, 0.3) is 0 Å². The molecule has 0 radical (unpaired) electrons. The van der Waals surface area contributed by atoms with Crippen molar-refractivity contribution in [2.75, 3.05) is 17.3 Å². The van der Waals surface area contributed by atoms with Crippen LogP contribution in [0.3, 0.4) is 0 Å². The molecule has 2 heterocycles. The van der Waals surface area contributed by atoms with E-state index in [1.54, 1.807) is 55.3 Å². The zero-order chi connectivity index (χ0) is 19.8. The molecule has 0 atom stereocenters. The van der Waals surface area contributed by atoms with Crippen LogP contribution in [0.2, 0.25) is 5.02 Å². The van der Waals surface area contributed by atoms with Gasteiger partial charge in [0.25, 0.3) is 11.8 Å². The van der Waals surface area contributed by atoms with Crippen molar-refractivity contribution >= 4 is 34.8 Å². The minimum Gasteiger partial charge on any atom is -0.496 e. The molecule has 142 valence electrons. The number of benzene rings is 2. The van der Waals surface area contributed by atoms with Gasteiger partial charge in [-0.25, -0.2) is 0 Å². The van der Waals surface area contributed by atoms with E-state index in [2.05, 4.69) is 5.32 Å². The number of nitrogens with one attached hydrogen (secondary N) is 1. The van der Waals surface area contributed by atoms with Gasteiger partial charge in [0.15, 0.2) is 5.76 Å². The number of hydrogen-bond acceptors (Lipinski definition) is 4. The van der Waals surface area contributed by atoms with Crippen molar-refractivity contribution in [1.82, 2.24) is 0 Å². The summed E-state index contributed by atoms with van der Waals surface area (Å²) in [6.07, 6.45) is 1.46. The summed E-state index contributed by atoms with van der Waals surface area (Å²) in [7, 11) is 1.58. The molecule has 0 fully saturated rings. The summed E-state index contributed by atoms with van der Waals surface area (Å²) >= 11 is 6.43. The summed E-state index contributed by atoms with van der Waals surface area (Å²) in [5, 5.41) is 3.11. The van der Waals surface area contributed by atoms with Crippen molar-refractivity contribution in [2.45, 2.75) is 13.5 Å². The van der Waals surface area contributed by atoms with Crippen LogP contribution < -0.4 is 15.0 Å². The number of anilines is 2. The first-order chi connectivity index (χ1) is 13.5. The lowest BCUT2D eigenvalue weighted by molar-refractivity contribution is 0.0988. The Morgan fingerprint density at radius 2 is 2.07 bits per heavy atom.